The number of carbonyl (C=O) groups is 1. The number of anilines is 2. The van der Waals surface area contributed by atoms with E-state index in [0.29, 0.717) is 17.2 Å². The van der Waals surface area contributed by atoms with E-state index in [4.69, 9.17) is 27.9 Å². The molecule has 8 heteroatoms. The number of piperazine rings is 1. The summed E-state index contributed by atoms with van der Waals surface area (Å²) >= 11 is 14.0. The van der Waals surface area contributed by atoms with Gasteiger partial charge < -0.3 is 14.5 Å². The summed E-state index contributed by atoms with van der Waals surface area (Å²) in [4.78, 5) is 22.0. The van der Waals surface area contributed by atoms with Gasteiger partial charge in [0.05, 0.1) is 16.9 Å². The molecule has 0 aromatic heterocycles. The zero-order valence-electron chi connectivity index (χ0n) is 20.0. The molecule has 3 aromatic rings. The maximum absolute atomic E-state index is 12.2. The van der Waals surface area contributed by atoms with Crippen molar-refractivity contribution in [2.75, 3.05) is 57.3 Å². The lowest BCUT2D eigenvalue weighted by Crippen LogP contribution is -2.47. The average molecular weight is 543 g/mol. The summed E-state index contributed by atoms with van der Waals surface area (Å²) in [5.41, 5.74) is 2.99. The van der Waals surface area contributed by atoms with Crippen LogP contribution in [-0.4, -0.2) is 68.2 Å². The quantitative estimate of drug-likeness (QED) is 0.304. The van der Waals surface area contributed by atoms with E-state index in [9.17, 15) is 4.79 Å². The molecule has 0 atom stereocenters. The van der Waals surface area contributed by atoms with Gasteiger partial charge in [0.1, 0.15) is 6.61 Å². The van der Waals surface area contributed by atoms with Crippen LogP contribution >= 0.6 is 35.0 Å². The third-order valence-electron chi connectivity index (χ3n) is 6.63. The van der Waals surface area contributed by atoms with E-state index < -0.39 is 0 Å². The number of halogens is 2. The molecule has 2 aliphatic rings. The second-order valence-electron chi connectivity index (χ2n) is 9.01. The first-order valence-corrected chi connectivity index (χ1v) is 13.9. The fraction of sp³-hybridized carbons (Fsp3) is 0.321. The topological polar surface area (TPSA) is 36.0 Å². The Hall–Kier alpha value is -2.22. The van der Waals surface area contributed by atoms with Crippen LogP contribution in [0.3, 0.4) is 0 Å². The molecular formula is C28H29Cl2N3O2S. The van der Waals surface area contributed by atoms with Crippen LogP contribution in [0.1, 0.15) is 16.8 Å². The summed E-state index contributed by atoms with van der Waals surface area (Å²) in [6.45, 7) is 7.19. The molecule has 0 bridgehead atoms. The number of benzene rings is 3. The molecule has 1 saturated heterocycles. The Morgan fingerprint density at radius 3 is 2.22 bits per heavy atom. The molecule has 0 radical (unpaired) electrons. The smallest absolute Gasteiger partial charge is 0.338 e. The van der Waals surface area contributed by atoms with Gasteiger partial charge in [-0.2, -0.15) is 0 Å². The lowest BCUT2D eigenvalue weighted by Gasteiger charge is -2.36. The summed E-state index contributed by atoms with van der Waals surface area (Å²) in [7, 11) is 0. The summed E-state index contributed by atoms with van der Waals surface area (Å²) in [6.07, 6.45) is 1.07. The van der Waals surface area contributed by atoms with Gasteiger partial charge in [0.15, 0.2) is 0 Å². The number of hydrogen-bond donors (Lipinski definition) is 0. The Morgan fingerprint density at radius 2 is 1.44 bits per heavy atom. The van der Waals surface area contributed by atoms with Gasteiger partial charge in [-0.3, -0.25) is 4.90 Å². The minimum absolute atomic E-state index is 0.300. The van der Waals surface area contributed by atoms with Crippen LogP contribution in [0.15, 0.2) is 76.5 Å². The van der Waals surface area contributed by atoms with Crippen molar-refractivity contribution < 1.29 is 9.53 Å². The second-order valence-corrected chi connectivity index (χ2v) is 11.0. The Kier molecular flexibility index (Phi) is 8.40. The molecule has 2 aliphatic heterocycles. The number of ether oxygens (including phenoxy) is 1. The Bertz CT molecular complexity index is 1200. The van der Waals surface area contributed by atoms with Gasteiger partial charge in [-0.15, -0.1) is 0 Å². The highest BCUT2D eigenvalue weighted by Gasteiger charge is 2.24. The molecule has 5 rings (SSSR count). The lowest BCUT2D eigenvalue weighted by molar-refractivity contribution is 0.0423. The van der Waals surface area contributed by atoms with Crippen LogP contribution in [0, 0.1) is 0 Å². The molecule has 0 saturated carbocycles. The molecule has 0 spiro atoms. The highest BCUT2D eigenvalue weighted by molar-refractivity contribution is 7.99. The Balaban J connectivity index is 1.06. The molecule has 0 amide bonds. The highest BCUT2D eigenvalue weighted by atomic mass is 35.5. The van der Waals surface area contributed by atoms with Gasteiger partial charge in [-0.25, -0.2) is 4.79 Å². The molecule has 2 heterocycles. The maximum Gasteiger partial charge on any atom is 0.338 e. The lowest BCUT2D eigenvalue weighted by atomic mass is 10.2. The molecule has 188 valence electrons. The zero-order chi connectivity index (χ0) is 24.9. The van der Waals surface area contributed by atoms with Crippen molar-refractivity contribution >= 4 is 52.3 Å². The zero-order valence-corrected chi connectivity index (χ0v) is 22.4. The molecule has 5 nitrogen and oxygen atoms in total. The number of para-hydroxylation sites is 1. The van der Waals surface area contributed by atoms with Crippen LogP contribution in [0.2, 0.25) is 10.0 Å². The standard InChI is InChI=1S/C28H29Cl2N3O2S/c29-22-8-6-21(7-9-22)28(34)35-19-18-32-16-14-31(15-17-32)12-3-13-33-24-4-1-2-5-26(24)36-27-11-10-23(30)20-25(27)33/h1-2,4-11,20H,3,12-19H2. The van der Waals surface area contributed by atoms with Crippen molar-refractivity contribution in [2.24, 2.45) is 0 Å². The first-order chi connectivity index (χ1) is 17.6. The van der Waals surface area contributed by atoms with E-state index in [-0.39, 0.29) is 5.97 Å². The third-order valence-corrected chi connectivity index (χ3v) is 8.25. The number of fused-ring (bicyclic) bond motifs is 2. The van der Waals surface area contributed by atoms with E-state index in [1.165, 1.54) is 21.2 Å². The van der Waals surface area contributed by atoms with E-state index in [1.54, 1.807) is 24.3 Å². The van der Waals surface area contributed by atoms with Crippen molar-refractivity contribution in [1.82, 2.24) is 9.80 Å². The number of hydrogen-bond acceptors (Lipinski definition) is 6. The molecular weight excluding hydrogens is 513 g/mol. The van der Waals surface area contributed by atoms with E-state index in [1.807, 2.05) is 17.8 Å². The van der Waals surface area contributed by atoms with Gasteiger partial charge >= 0.3 is 5.97 Å². The van der Waals surface area contributed by atoms with E-state index in [2.05, 4.69) is 51.1 Å². The fourth-order valence-corrected chi connectivity index (χ4v) is 6.04. The average Bonchev–Trinajstić information content (AvgIpc) is 2.90. The van der Waals surface area contributed by atoms with Gasteiger partial charge in [0.2, 0.25) is 0 Å². The largest absolute Gasteiger partial charge is 0.461 e. The predicted octanol–water partition coefficient (Wildman–Crippen LogP) is 6.46. The highest BCUT2D eigenvalue weighted by Crippen LogP contribution is 2.48. The molecule has 0 aliphatic carbocycles. The van der Waals surface area contributed by atoms with E-state index >= 15 is 0 Å². The van der Waals surface area contributed by atoms with Crippen LogP contribution in [0.25, 0.3) is 0 Å². The van der Waals surface area contributed by atoms with Crippen molar-refractivity contribution in [3.63, 3.8) is 0 Å². The monoisotopic (exact) mass is 541 g/mol. The van der Waals surface area contributed by atoms with Crippen LogP contribution in [-0.2, 0) is 4.74 Å². The molecule has 3 aromatic carbocycles. The molecule has 0 N–H and O–H groups in total. The normalized spacial score (nSPS) is 15.9. The SMILES string of the molecule is O=C(OCCN1CCN(CCCN2c3ccccc3Sc3ccc(Cl)cc32)CC1)c1ccc(Cl)cc1. The number of carbonyl (C=O) groups excluding carboxylic acids is 1. The van der Waals surface area contributed by atoms with Crippen molar-refractivity contribution in [2.45, 2.75) is 16.2 Å². The maximum atomic E-state index is 12.2. The van der Waals surface area contributed by atoms with Crippen LogP contribution in [0.5, 0.6) is 0 Å². The van der Waals surface area contributed by atoms with Crippen molar-refractivity contribution in [3.8, 4) is 0 Å². The van der Waals surface area contributed by atoms with E-state index in [0.717, 1.165) is 57.3 Å². The molecule has 1 fully saturated rings. The first kappa shape index (κ1) is 25.4. The molecule has 0 unspecified atom stereocenters. The minimum atomic E-state index is -0.300. The summed E-state index contributed by atoms with van der Waals surface area (Å²) in [5, 5.41) is 1.38. The predicted molar refractivity (Wildman–Crippen MR) is 148 cm³/mol. The third kappa shape index (κ3) is 6.18. The van der Waals surface area contributed by atoms with Gasteiger partial charge in [0.25, 0.3) is 0 Å². The second kappa shape index (κ2) is 11.9. The number of nitrogens with zero attached hydrogens (tertiary/aromatic N) is 3. The number of esters is 1. The Morgan fingerprint density at radius 1 is 0.778 bits per heavy atom. The van der Waals surface area contributed by atoms with Crippen molar-refractivity contribution in [1.29, 1.82) is 0 Å². The van der Waals surface area contributed by atoms with Gasteiger partial charge in [0, 0.05) is 59.1 Å². The first-order valence-electron chi connectivity index (χ1n) is 12.3. The van der Waals surface area contributed by atoms with Gasteiger partial charge in [-0.1, -0.05) is 47.1 Å². The van der Waals surface area contributed by atoms with Crippen molar-refractivity contribution in [3.05, 3.63) is 82.3 Å². The Labute approximate surface area is 226 Å². The molecule has 36 heavy (non-hydrogen) atoms. The summed E-state index contributed by atoms with van der Waals surface area (Å²) < 4.78 is 5.44. The van der Waals surface area contributed by atoms with Gasteiger partial charge in [-0.05, 0) is 67.6 Å². The number of rotatable bonds is 8. The minimum Gasteiger partial charge on any atom is -0.461 e. The van der Waals surface area contributed by atoms with Crippen LogP contribution in [0.4, 0.5) is 11.4 Å². The summed E-state index contributed by atoms with van der Waals surface area (Å²) in [6, 6.07) is 21.6. The summed E-state index contributed by atoms with van der Waals surface area (Å²) in [5.74, 6) is -0.300. The van der Waals surface area contributed by atoms with Crippen LogP contribution < -0.4 is 4.90 Å². The fourth-order valence-electron chi connectivity index (χ4n) is 4.67.